The molecule has 0 heterocycles. The second-order valence-corrected chi connectivity index (χ2v) is 5.35. The second-order valence-electron chi connectivity index (χ2n) is 5.35. The molecule has 1 unspecified atom stereocenters. The zero-order chi connectivity index (χ0) is 17.2. The van der Waals surface area contributed by atoms with Crippen molar-refractivity contribution in [2.45, 2.75) is 39.7 Å². The van der Waals surface area contributed by atoms with Crippen molar-refractivity contribution >= 4 is 11.8 Å². The van der Waals surface area contributed by atoms with Crippen molar-refractivity contribution < 1.29 is 19.4 Å². The molecule has 6 nitrogen and oxygen atoms in total. The van der Waals surface area contributed by atoms with Gasteiger partial charge in [-0.2, -0.15) is 0 Å². The number of aromatic hydroxyl groups is 1. The number of rotatable bonds is 9. The lowest BCUT2D eigenvalue weighted by Gasteiger charge is -2.16. The summed E-state index contributed by atoms with van der Waals surface area (Å²) in [5.41, 5.74) is 0. The Balaban J connectivity index is 2.27. The Bertz CT molecular complexity index is 498. The fraction of sp³-hybridized carbons (Fsp3) is 0.529. The van der Waals surface area contributed by atoms with Crippen molar-refractivity contribution in [2.75, 3.05) is 13.1 Å². The molecule has 0 aliphatic carbocycles. The molecule has 0 saturated heterocycles. The summed E-state index contributed by atoms with van der Waals surface area (Å²) in [6, 6.07) is 6.17. The van der Waals surface area contributed by atoms with Crippen LogP contribution in [0, 0.1) is 5.92 Å². The third-order valence-electron chi connectivity index (χ3n) is 3.60. The molecule has 1 aromatic rings. The first-order valence-electron chi connectivity index (χ1n) is 7.99. The molecule has 0 spiro atoms. The van der Waals surface area contributed by atoms with E-state index in [1.54, 1.807) is 19.1 Å². The maximum Gasteiger partial charge on any atom is 0.260 e. The molecule has 1 rings (SSSR count). The van der Waals surface area contributed by atoms with E-state index in [4.69, 9.17) is 4.74 Å². The van der Waals surface area contributed by atoms with Gasteiger partial charge in [0, 0.05) is 19.0 Å². The van der Waals surface area contributed by atoms with Crippen LogP contribution in [0.15, 0.2) is 24.3 Å². The number of nitrogens with one attached hydrogen (secondary N) is 2. The highest BCUT2D eigenvalue weighted by atomic mass is 16.5. The molecular formula is C17H26N2O4. The minimum Gasteiger partial charge on any atom is -0.508 e. The Morgan fingerprint density at radius 1 is 1.04 bits per heavy atom. The zero-order valence-corrected chi connectivity index (χ0v) is 14.0. The highest BCUT2D eigenvalue weighted by molar-refractivity contribution is 5.81. The first-order valence-corrected chi connectivity index (χ1v) is 7.99. The van der Waals surface area contributed by atoms with E-state index >= 15 is 0 Å². The van der Waals surface area contributed by atoms with Gasteiger partial charge in [0.05, 0.1) is 0 Å². The maximum absolute atomic E-state index is 11.9. The lowest BCUT2D eigenvalue weighted by Crippen LogP contribution is -2.41. The smallest absolute Gasteiger partial charge is 0.260 e. The summed E-state index contributed by atoms with van der Waals surface area (Å²) >= 11 is 0. The largest absolute Gasteiger partial charge is 0.508 e. The normalized spacial score (nSPS) is 11.8. The SMILES string of the molecule is CCC(CC)C(=O)NCCNC(=O)C(C)Oc1ccc(O)cc1. The summed E-state index contributed by atoms with van der Waals surface area (Å²) in [6.45, 7) is 6.36. The van der Waals surface area contributed by atoms with Gasteiger partial charge >= 0.3 is 0 Å². The van der Waals surface area contributed by atoms with Crippen LogP contribution in [0.5, 0.6) is 11.5 Å². The Morgan fingerprint density at radius 3 is 2.09 bits per heavy atom. The van der Waals surface area contributed by atoms with E-state index in [1.165, 1.54) is 12.1 Å². The molecule has 0 fully saturated rings. The van der Waals surface area contributed by atoms with Gasteiger partial charge in [-0.1, -0.05) is 13.8 Å². The van der Waals surface area contributed by atoms with E-state index in [0.29, 0.717) is 18.8 Å². The van der Waals surface area contributed by atoms with Crippen LogP contribution in [0.1, 0.15) is 33.6 Å². The lowest BCUT2D eigenvalue weighted by atomic mass is 10.0. The van der Waals surface area contributed by atoms with Crippen molar-refractivity contribution in [3.8, 4) is 11.5 Å². The van der Waals surface area contributed by atoms with Crippen LogP contribution < -0.4 is 15.4 Å². The number of carbonyl (C=O) groups excluding carboxylic acids is 2. The lowest BCUT2D eigenvalue weighted by molar-refractivity contribution is -0.128. The number of phenols is 1. The van der Waals surface area contributed by atoms with Gasteiger partial charge < -0.3 is 20.5 Å². The predicted molar refractivity (Wildman–Crippen MR) is 88.3 cm³/mol. The van der Waals surface area contributed by atoms with E-state index in [-0.39, 0.29) is 23.5 Å². The number of phenolic OH excluding ortho intramolecular Hbond substituents is 1. The molecule has 0 saturated carbocycles. The number of ether oxygens (including phenoxy) is 1. The first-order chi connectivity index (χ1) is 11.0. The maximum atomic E-state index is 11.9. The molecule has 1 atom stereocenters. The predicted octanol–water partition coefficient (Wildman–Crippen LogP) is 1.83. The molecule has 0 aromatic heterocycles. The molecule has 128 valence electrons. The molecule has 0 bridgehead atoms. The van der Waals surface area contributed by atoms with Crippen molar-refractivity contribution in [3.63, 3.8) is 0 Å². The molecular weight excluding hydrogens is 296 g/mol. The number of carbonyl (C=O) groups is 2. The van der Waals surface area contributed by atoms with Crippen LogP contribution in [0.3, 0.4) is 0 Å². The van der Waals surface area contributed by atoms with Gasteiger partial charge in [-0.3, -0.25) is 9.59 Å². The van der Waals surface area contributed by atoms with Crippen molar-refractivity contribution in [1.82, 2.24) is 10.6 Å². The van der Waals surface area contributed by atoms with E-state index in [0.717, 1.165) is 12.8 Å². The summed E-state index contributed by atoms with van der Waals surface area (Å²) < 4.78 is 5.47. The Labute approximate surface area is 137 Å². The third kappa shape index (κ3) is 6.59. The summed E-state index contributed by atoms with van der Waals surface area (Å²) in [7, 11) is 0. The van der Waals surface area contributed by atoms with E-state index in [1.807, 2.05) is 13.8 Å². The van der Waals surface area contributed by atoms with Crippen LogP contribution in [0.2, 0.25) is 0 Å². The molecule has 0 radical (unpaired) electrons. The van der Waals surface area contributed by atoms with E-state index in [9.17, 15) is 14.7 Å². The highest BCUT2D eigenvalue weighted by Gasteiger charge is 2.15. The van der Waals surface area contributed by atoms with Crippen molar-refractivity contribution in [3.05, 3.63) is 24.3 Å². The number of benzene rings is 1. The van der Waals surface area contributed by atoms with Gasteiger partial charge in [-0.15, -0.1) is 0 Å². The topological polar surface area (TPSA) is 87.7 Å². The van der Waals surface area contributed by atoms with Crippen LogP contribution in [0.25, 0.3) is 0 Å². The Morgan fingerprint density at radius 2 is 1.57 bits per heavy atom. The van der Waals surface area contributed by atoms with Gasteiger partial charge in [0.25, 0.3) is 5.91 Å². The zero-order valence-electron chi connectivity index (χ0n) is 14.0. The molecule has 3 N–H and O–H groups in total. The summed E-state index contributed by atoms with van der Waals surface area (Å²) in [5.74, 6) is 0.449. The van der Waals surface area contributed by atoms with Crippen LogP contribution >= 0.6 is 0 Å². The molecule has 2 amide bonds. The number of amides is 2. The van der Waals surface area contributed by atoms with Crippen molar-refractivity contribution in [1.29, 1.82) is 0 Å². The summed E-state index contributed by atoms with van der Waals surface area (Å²) in [4.78, 5) is 23.7. The van der Waals surface area contributed by atoms with Crippen LogP contribution in [-0.4, -0.2) is 36.1 Å². The Hall–Kier alpha value is -2.24. The second kappa shape index (κ2) is 9.71. The average molecular weight is 322 g/mol. The monoisotopic (exact) mass is 322 g/mol. The molecule has 6 heteroatoms. The van der Waals surface area contributed by atoms with Crippen LogP contribution in [-0.2, 0) is 9.59 Å². The van der Waals surface area contributed by atoms with E-state index < -0.39 is 6.10 Å². The third-order valence-corrected chi connectivity index (χ3v) is 3.60. The molecule has 23 heavy (non-hydrogen) atoms. The standard InChI is InChI=1S/C17H26N2O4/c1-4-13(5-2)17(22)19-11-10-18-16(21)12(3)23-15-8-6-14(20)7-9-15/h6-9,12-13,20H,4-5,10-11H2,1-3H3,(H,18,21)(H,19,22). The van der Waals surface area contributed by atoms with Gasteiger partial charge in [0.15, 0.2) is 6.10 Å². The average Bonchev–Trinajstić information content (AvgIpc) is 2.54. The summed E-state index contributed by atoms with van der Waals surface area (Å²) in [6.07, 6.45) is 0.965. The fourth-order valence-electron chi connectivity index (χ4n) is 2.10. The summed E-state index contributed by atoms with van der Waals surface area (Å²) in [5, 5.41) is 14.7. The minimum absolute atomic E-state index is 0.0256. The quantitative estimate of drug-likeness (QED) is 0.605. The van der Waals surface area contributed by atoms with E-state index in [2.05, 4.69) is 10.6 Å². The van der Waals surface area contributed by atoms with Gasteiger partial charge in [0.2, 0.25) is 5.91 Å². The van der Waals surface area contributed by atoms with Gasteiger partial charge in [-0.25, -0.2) is 0 Å². The minimum atomic E-state index is -0.658. The number of hydrogen-bond acceptors (Lipinski definition) is 4. The van der Waals surface area contributed by atoms with Crippen molar-refractivity contribution in [2.24, 2.45) is 5.92 Å². The van der Waals surface area contributed by atoms with Gasteiger partial charge in [-0.05, 0) is 44.0 Å². The highest BCUT2D eigenvalue weighted by Crippen LogP contribution is 2.17. The van der Waals surface area contributed by atoms with Gasteiger partial charge in [0.1, 0.15) is 11.5 Å². The Kier molecular flexibility index (Phi) is 7.94. The molecule has 0 aliphatic heterocycles. The fourth-order valence-corrected chi connectivity index (χ4v) is 2.10. The number of hydrogen-bond donors (Lipinski definition) is 3. The first kappa shape index (κ1) is 18.8. The molecule has 0 aliphatic rings. The van der Waals surface area contributed by atoms with Crippen LogP contribution in [0.4, 0.5) is 0 Å². The molecule has 1 aromatic carbocycles.